The first-order chi connectivity index (χ1) is 8.13. The van der Waals surface area contributed by atoms with Gasteiger partial charge in [0.2, 0.25) is 0 Å². The van der Waals surface area contributed by atoms with Gasteiger partial charge in [-0.25, -0.2) is 0 Å². The quantitative estimate of drug-likeness (QED) is 0.687. The highest BCUT2D eigenvalue weighted by Crippen LogP contribution is 2.46. The van der Waals surface area contributed by atoms with Crippen LogP contribution in [-0.2, 0) is 4.79 Å². The Morgan fingerprint density at radius 2 is 2.06 bits per heavy atom. The van der Waals surface area contributed by atoms with Gasteiger partial charge in [0, 0.05) is 5.92 Å². The minimum absolute atomic E-state index is 0.280. The van der Waals surface area contributed by atoms with Crippen LogP contribution in [0.1, 0.15) is 40.0 Å². The van der Waals surface area contributed by atoms with Crippen LogP contribution in [0.3, 0.4) is 0 Å². The molecule has 5 atom stereocenters. The smallest absolute Gasteiger partial charge is 0.192 e. The molecule has 1 fully saturated rings. The zero-order valence-electron chi connectivity index (χ0n) is 11.2. The molecule has 0 bridgehead atoms. The van der Waals surface area contributed by atoms with Crippen LogP contribution in [0.15, 0.2) is 12.2 Å². The van der Waals surface area contributed by atoms with E-state index in [0.717, 1.165) is 11.7 Å². The van der Waals surface area contributed by atoms with Gasteiger partial charge >= 0.3 is 0 Å². The molecule has 1 nitrogen and oxygen atoms in total. The Hall–Kier alpha value is -0.240. The number of thioether (sulfide) groups is 1. The monoisotopic (exact) mass is 252 g/mol. The van der Waals surface area contributed by atoms with Crippen LogP contribution in [-0.4, -0.2) is 10.9 Å². The minimum Gasteiger partial charge on any atom is -0.287 e. The van der Waals surface area contributed by atoms with Crippen LogP contribution in [0.4, 0.5) is 0 Å². The van der Waals surface area contributed by atoms with E-state index in [-0.39, 0.29) is 5.92 Å². The molecule has 0 heterocycles. The highest BCUT2D eigenvalue weighted by molar-refractivity contribution is 8.13. The van der Waals surface area contributed by atoms with Crippen molar-refractivity contribution in [3.8, 4) is 0 Å². The summed E-state index contributed by atoms with van der Waals surface area (Å²) < 4.78 is 0. The van der Waals surface area contributed by atoms with E-state index < -0.39 is 0 Å². The van der Waals surface area contributed by atoms with Gasteiger partial charge in [0.15, 0.2) is 5.12 Å². The Balaban J connectivity index is 2.14. The summed E-state index contributed by atoms with van der Waals surface area (Å²) in [5, 5.41) is 0.439. The van der Waals surface area contributed by atoms with Gasteiger partial charge in [0.25, 0.3) is 0 Å². The van der Waals surface area contributed by atoms with Crippen molar-refractivity contribution in [1.82, 2.24) is 0 Å². The second-order valence-corrected chi connectivity index (χ2v) is 7.04. The minimum atomic E-state index is 0.280. The van der Waals surface area contributed by atoms with E-state index in [0.29, 0.717) is 22.9 Å². The maximum absolute atomic E-state index is 12.3. The fourth-order valence-electron chi connectivity index (χ4n) is 3.57. The normalized spacial score (nSPS) is 41.0. The van der Waals surface area contributed by atoms with Gasteiger partial charge in [-0.2, -0.15) is 0 Å². The Morgan fingerprint density at radius 3 is 2.76 bits per heavy atom. The van der Waals surface area contributed by atoms with Gasteiger partial charge in [-0.05, 0) is 42.3 Å². The van der Waals surface area contributed by atoms with E-state index in [9.17, 15) is 4.79 Å². The molecule has 0 aromatic rings. The first-order valence-corrected chi connectivity index (χ1v) is 7.97. The second kappa shape index (κ2) is 5.60. The molecule has 2 aliphatic rings. The topological polar surface area (TPSA) is 17.1 Å². The molecule has 0 aromatic heterocycles. The van der Waals surface area contributed by atoms with Gasteiger partial charge in [0.1, 0.15) is 0 Å². The molecule has 2 heteroatoms. The highest BCUT2D eigenvalue weighted by atomic mass is 32.2. The number of carbonyl (C=O) groups excluding carboxylic acids is 1. The first kappa shape index (κ1) is 13.2. The van der Waals surface area contributed by atoms with E-state index in [1.807, 2.05) is 0 Å². The van der Waals surface area contributed by atoms with E-state index in [4.69, 9.17) is 0 Å². The molecule has 96 valence electrons. The highest BCUT2D eigenvalue weighted by Gasteiger charge is 2.40. The lowest BCUT2D eigenvalue weighted by atomic mass is 9.63. The molecule has 2 rings (SSSR count). The summed E-state index contributed by atoms with van der Waals surface area (Å²) in [6.45, 7) is 6.63. The number of allylic oxidation sites excluding steroid dienone is 2. The zero-order valence-corrected chi connectivity index (χ0v) is 12.0. The maximum Gasteiger partial charge on any atom is 0.192 e. The average Bonchev–Trinajstić information content (AvgIpc) is 2.29. The van der Waals surface area contributed by atoms with Crippen molar-refractivity contribution < 1.29 is 4.79 Å². The van der Waals surface area contributed by atoms with Gasteiger partial charge in [-0.1, -0.05) is 51.1 Å². The maximum atomic E-state index is 12.3. The van der Waals surface area contributed by atoms with Crippen LogP contribution in [0.5, 0.6) is 0 Å². The summed E-state index contributed by atoms with van der Waals surface area (Å²) in [6, 6.07) is 0. The number of carbonyl (C=O) groups is 1. The Labute approximate surface area is 109 Å². The zero-order chi connectivity index (χ0) is 12.4. The van der Waals surface area contributed by atoms with Crippen molar-refractivity contribution in [1.29, 1.82) is 0 Å². The third kappa shape index (κ3) is 2.78. The van der Waals surface area contributed by atoms with Gasteiger partial charge < -0.3 is 0 Å². The Morgan fingerprint density at radius 1 is 1.29 bits per heavy atom. The molecule has 0 amide bonds. The molecule has 0 N–H and O–H groups in total. The van der Waals surface area contributed by atoms with Crippen LogP contribution in [0.25, 0.3) is 0 Å². The number of hydrogen-bond acceptors (Lipinski definition) is 2. The predicted octanol–water partition coefficient (Wildman–Crippen LogP) is 4.14. The van der Waals surface area contributed by atoms with Crippen LogP contribution in [0, 0.1) is 29.6 Å². The molecule has 0 aliphatic heterocycles. The summed E-state index contributed by atoms with van der Waals surface area (Å²) in [4.78, 5) is 12.3. The molecule has 0 radical (unpaired) electrons. The number of rotatable bonds is 2. The molecule has 0 unspecified atom stereocenters. The van der Waals surface area contributed by atoms with Crippen molar-refractivity contribution in [3.63, 3.8) is 0 Å². The van der Waals surface area contributed by atoms with Gasteiger partial charge in [0.05, 0.1) is 0 Å². The molecule has 17 heavy (non-hydrogen) atoms. The molecule has 0 saturated heterocycles. The van der Waals surface area contributed by atoms with Crippen molar-refractivity contribution in [2.75, 3.05) is 5.75 Å². The summed E-state index contributed by atoms with van der Waals surface area (Å²) in [7, 11) is 0. The Bertz CT molecular complexity index is 310. The lowest BCUT2D eigenvalue weighted by molar-refractivity contribution is -0.118. The third-order valence-electron chi connectivity index (χ3n) is 4.47. The van der Waals surface area contributed by atoms with Crippen LogP contribution >= 0.6 is 11.8 Å². The molecule has 0 spiro atoms. The summed E-state index contributed by atoms with van der Waals surface area (Å²) >= 11 is 1.53. The molecule has 0 aromatic carbocycles. The molecule has 1 saturated carbocycles. The predicted molar refractivity (Wildman–Crippen MR) is 74.9 cm³/mol. The fraction of sp³-hybridized carbons (Fsp3) is 0.800. The standard InChI is InChI=1S/C15H24OS/c1-4-17-15(16)14-11(3)6-7-12-9-10(2)5-8-13(12)14/h6-7,10-14H,4-5,8-9H2,1-3H3/t10-,11+,12+,13-,14-/m1/s1. The largest absolute Gasteiger partial charge is 0.287 e. The lowest BCUT2D eigenvalue weighted by Crippen LogP contribution is -2.38. The van der Waals surface area contributed by atoms with Crippen molar-refractivity contribution >= 4 is 16.9 Å². The van der Waals surface area contributed by atoms with Gasteiger partial charge in [-0.3, -0.25) is 4.79 Å². The van der Waals surface area contributed by atoms with Crippen molar-refractivity contribution in [3.05, 3.63) is 12.2 Å². The third-order valence-corrected chi connectivity index (χ3v) is 5.31. The van der Waals surface area contributed by atoms with Crippen LogP contribution in [0.2, 0.25) is 0 Å². The second-order valence-electron chi connectivity index (χ2n) is 5.77. The number of fused-ring (bicyclic) bond motifs is 1. The Kier molecular flexibility index (Phi) is 4.35. The van der Waals surface area contributed by atoms with Crippen LogP contribution < -0.4 is 0 Å². The van der Waals surface area contributed by atoms with Crippen molar-refractivity contribution in [2.45, 2.75) is 40.0 Å². The van der Waals surface area contributed by atoms with Gasteiger partial charge in [-0.15, -0.1) is 0 Å². The van der Waals surface area contributed by atoms with E-state index in [1.165, 1.54) is 31.0 Å². The fourth-order valence-corrected chi connectivity index (χ4v) is 4.44. The van der Waals surface area contributed by atoms with Crippen molar-refractivity contribution in [2.24, 2.45) is 29.6 Å². The SMILES string of the molecule is CCSC(=O)[C@H]1[C@@H]2CC[C@@H](C)C[C@@H]2C=C[C@@H]1C. The average molecular weight is 252 g/mol. The van der Waals surface area contributed by atoms with E-state index >= 15 is 0 Å². The number of hydrogen-bond donors (Lipinski definition) is 0. The van der Waals surface area contributed by atoms with E-state index in [1.54, 1.807) is 0 Å². The summed E-state index contributed by atoms with van der Waals surface area (Å²) in [5.41, 5.74) is 0. The molecular weight excluding hydrogens is 228 g/mol. The molecule has 2 aliphatic carbocycles. The summed E-state index contributed by atoms with van der Waals surface area (Å²) in [5.74, 6) is 3.76. The summed E-state index contributed by atoms with van der Waals surface area (Å²) in [6.07, 6.45) is 8.53. The lowest BCUT2D eigenvalue weighted by Gasteiger charge is -2.42. The molecular formula is C15H24OS. The van der Waals surface area contributed by atoms with E-state index in [2.05, 4.69) is 32.9 Å². The first-order valence-electron chi connectivity index (χ1n) is 6.98.